The number of amides is 1. The molecule has 0 bridgehead atoms. The van der Waals surface area contributed by atoms with Gasteiger partial charge >= 0.3 is 0 Å². The zero-order valence-corrected chi connectivity index (χ0v) is 17.0. The molecule has 5 heteroatoms. The summed E-state index contributed by atoms with van der Waals surface area (Å²) in [6.07, 6.45) is 2.92. The molecule has 1 aromatic heterocycles. The number of hydrogen-bond donors (Lipinski definition) is 0. The standard InChI is InChI=1S/C23H29N3O2/c1-5-21(27)26-14-15-12-20-18(17-9-8-10-19(26)22(15)17)11-16(13-24(20)4)23(28)25(6-2)7-3/h8-11,14,16,20H,5-7,12-13H2,1-4H3/t16-,20-/m1/s1/i8D,10D,14D. The maximum absolute atomic E-state index is 13.1. The van der Waals surface area contributed by atoms with E-state index in [1.165, 1.54) is 4.57 Å². The summed E-state index contributed by atoms with van der Waals surface area (Å²) in [6, 6.07) is 1.64. The Morgan fingerprint density at radius 2 is 2.04 bits per heavy atom. The number of rotatable bonds is 4. The van der Waals surface area contributed by atoms with Crippen molar-refractivity contribution in [2.24, 2.45) is 5.92 Å². The molecule has 0 saturated heterocycles. The zero-order valence-electron chi connectivity index (χ0n) is 20.0. The van der Waals surface area contributed by atoms with Gasteiger partial charge in [-0.3, -0.25) is 19.1 Å². The molecule has 4 rings (SSSR count). The quantitative estimate of drug-likeness (QED) is 0.814. The first kappa shape index (κ1) is 15.5. The lowest BCUT2D eigenvalue weighted by Crippen LogP contribution is -2.47. The van der Waals surface area contributed by atoms with Crippen LogP contribution in [0.5, 0.6) is 0 Å². The Morgan fingerprint density at radius 3 is 2.71 bits per heavy atom. The van der Waals surface area contributed by atoms with E-state index in [4.69, 9.17) is 4.11 Å². The molecule has 148 valence electrons. The number of likely N-dealkylation sites (N-methyl/N-ethyl adjacent to an activating group) is 1. The lowest BCUT2D eigenvalue weighted by molar-refractivity contribution is -0.134. The summed E-state index contributed by atoms with van der Waals surface area (Å²) >= 11 is 0. The van der Waals surface area contributed by atoms with Crippen LogP contribution in [0.15, 0.2) is 30.4 Å². The van der Waals surface area contributed by atoms with E-state index in [2.05, 4.69) is 4.90 Å². The molecule has 0 saturated carbocycles. The third kappa shape index (κ3) is 2.80. The van der Waals surface area contributed by atoms with Crippen molar-refractivity contribution in [2.75, 3.05) is 26.7 Å². The van der Waals surface area contributed by atoms with E-state index in [1.54, 1.807) is 13.0 Å². The van der Waals surface area contributed by atoms with Crippen LogP contribution in [0.2, 0.25) is 0 Å². The molecule has 1 amide bonds. The summed E-state index contributed by atoms with van der Waals surface area (Å²) in [5, 5.41) is 0.722. The molecule has 1 aliphatic heterocycles. The number of carbonyl (C=O) groups excluding carboxylic acids is 2. The van der Waals surface area contributed by atoms with E-state index in [1.807, 2.05) is 31.9 Å². The molecule has 2 heterocycles. The highest BCUT2D eigenvalue weighted by Gasteiger charge is 2.37. The number of nitrogens with zero attached hydrogens (tertiary/aromatic N) is 3. The van der Waals surface area contributed by atoms with Crippen molar-refractivity contribution >= 4 is 28.3 Å². The third-order valence-corrected chi connectivity index (χ3v) is 6.09. The number of carbonyl (C=O) groups is 2. The number of fused-ring (bicyclic) bond motifs is 2. The monoisotopic (exact) mass is 382 g/mol. The first-order valence-electron chi connectivity index (χ1n) is 11.6. The molecule has 1 aliphatic carbocycles. The molecule has 0 unspecified atom stereocenters. The van der Waals surface area contributed by atoms with E-state index in [0.717, 1.165) is 22.1 Å². The molecule has 5 nitrogen and oxygen atoms in total. The molecule has 0 radical (unpaired) electrons. The molecule has 2 aromatic rings. The van der Waals surface area contributed by atoms with E-state index in [-0.39, 0.29) is 48.5 Å². The minimum atomic E-state index is -0.285. The topological polar surface area (TPSA) is 45.6 Å². The molecule has 1 aromatic carbocycles. The van der Waals surface area contributed by atoms with Crippen molar-refractivity contribution in [3.8, 4) is 0 Å². The summed E-state index contributed by atoms with van der Waals surface area (Å²) in [5.41, 5.74) is 2.85. The summed E-state index contributed by atoms with van der Waals surface area (Å²) in [7, 11) is 1.99. The fourth-order valence-corrected chi connectivity index (χ4v) is 4.58. The van der Waals surface area contributed by atoms with Crippen LogP contribution in [0.1, 0.15) is 47.2 Å². The maximum Gasteiger partial charge on any atom is 0.230 e. The van der Waals surface area contributed by atoms with Gasteiger partial charge in [-0.05, 0) is 50.1 Å². The Labute approximate surface area is 170 Å². The van der Waals surface area contributed by atoms with Gasteiger partial charge in [-0.1, -0.05) is 25.1 Å². The Hall–Kier alpha value is -2.40. The van der Waals surface area contributed by atoms with Gasteiger partial charge in [0.05, 0.1) is 15.5 Å². The number of hydrogen-bond acceptors (Lipinski definition) is 3. The Kier molecular flexibility index (Phi) is 3.99. The molecule has 28 heavy (non-hydrogen) atoms. The van der Waals surface area contributed by atoms with Crippen LogP contribution in [0.25, 0.3) is 16.5 Å². The Morgan fingerprint density at radius 1 is 1.29 bits per heavy atom. The van der Waals surface area contributed by atoms with E-state index in [9.17, 15) is 9.59 Å². The molecule has 0 fully saturated rings. The SMILES string of the molecule is [2H]c1cc2c3c(c([2H])n(C(=O)CC)c3c1[2H])C[C@@H]1C2=C[C@@H](C(=O)N(CC)CC)CN1C. The summed E-state index contributed by atoms with van der Waals surface area (Å²) < 4.78 is 26.8. The van der Waals surface area contributed by atoms with Gasteiger partial charge in [-0.15, -0.1) is 0 Å². The van der Waals surface area contributed by atoms with Gasteiger partial charge in [-0.25, -0.2) is 0 Å². The van der Waals surface area contributed by atoms with Crippen LogP contribution >= 0.6 is 0 Å². The minimum absolute atomic E-state index is 0.0240. The van der Waals surface area contributed by atoms with Gasteiger partial charge in [0, 0.05) is 43.7 Å². The second-order valence-corrected chi connectivity index (χ2v) is 7.62. The second kappa shape index (κ2) is 7.21. The van der Waals surface area contributed by atoms with Gasteiger partial charge in [0.2, 0.25) is 11.8 Å². The van der Waals surface area contributed by atoms with Gasteiger partial charge < -0.3 is 4.90 Å². The average molecular weight is 383 g/mol. The predicted molar refractivity (Wildman–Crippen MR) is 112 cm³/mol. The van der Waals surface area contributed by atoms with Crippen LogP contribution < -0.4 is 0 Å². The third-order valence-electron chi connectivity index (χ3n) is 6.09. The summed E-state index contributed by atoms with van der Waals surface area (Å²) in [6.45, 7) is 7.59. The van der Waals surface area contributed by atoms with Crippen molar-refractivity contribution in [2.45, 2.75) is 39.7 Å². The number of aromatic nitrogens is 1. The minimum Gasteiger partial charge on any atom is -0.343 e. The second-order valence-electron chi connectivity index (χ2n) is 7.62. The zero-order chi connectivity index (χ0) is 22.6. The molecular formula is C23H29N3O2. The molecular weight excluding hydrogens is 350 g/mol. The van der Waals surface area contributed by atoms with Gasteiger partial charge in [0.25, 0.3) is 0 Å². The fourth-order valence-electron chi connectivity index (χ4n) is 4.58. The van der Waals surface area contributed by atoms with Crippen molar-refractivity contribution in [3.63, 3.8) is 0 Å². The smallest absolute Gasteiger partial charge is 0.230 e. The van der Waals surface area contributed by atoms with Crippen molar-refractivity contribution in [3.05, 3.63) is 41.5 Å². The van der Waals surface area contributed by atoms with Crippen LogP contribution in [0.4, 0.5) is 0 Å². The van der Waals surface area contributed by atoms with E-state index < -0.39 is 0 Å². The lowest BCUT2D eigenvalue weighted by Gasteiger charge is -2.40. The van der Waals surface area contributed by atoms with E-state index in [0.29, 0.717) is 31.6 Å². The summed E-state index contributed by atoms with van der Waals surface area (Å²) in [4.78, 5) is 29.7. The average Bonchev–Trinajstić information content (AvgIpc) is 3.05. The van der Waals surface area contributed by atoms with Crippen molar-refractivity contribution < 1.29 is 13.7 Å². The molecule has 0 N–H and O–H groups in total. The highest BCUT2D eigenvalue weighted by Crippen LogP contribution is 2.41. The molecule has 2 aliphatic rings. The normalized spacial score (nSPS) is 22.9. The lowest BCUT2D eigenvalue weighted by atomic mass is 9.79. The highest BCUT2D eigenvalue weighted by molar-refractivity contribution is 6.03. The highest BCUT2D eigenvalue weighted by atomic mass is 16.2. The van der Waals surface area contributed by atoms with Crippen LogP contribution in [0, 0.1) is 5.92 Å². The fraction of sp³-hybridized carbons (Fsp3) is 0.478. The maximum atomic E-state index is 13.1. The van der Waals surface area contributed by atoms with Gasteiger partial charge in [0.15, 0.2) is 0 Å². The van der Waals surface area contributed by atoms with Crippen LogP contribution in [-0.4, -0.2) is 58.9 Å². The van der Waals surface area contributed by atoms with Crippen LogP contribution in [-0.2, 0) is 11.2 Å². The van der Waals surface area contributed by atoms with Gasteiger partial charge in [-0.2, -0.15) is 0 Å². The van der Waals surface area contributed by atoms with Crippen molar-refractivity contribution in [1.29, 1.82) is 0 Å². The number of benzene rings is 1. The summed E-state index contributed by atoms with van der Waals surface area (Å²) in [5.74, 6) is -0.437. The van der Waals surface area contributed by atoms with E-state index >= 15 is 0 Å². The predicted octanol–water partition coefficient (Wildman–Crippen LogP) is 3.43. The molecule has 0 spiro atoms. The van der Waals surface area contributed by atoms with Gasteiger partial charge in [0.1, 0.15) is 0 Å². The van der Waals surface area contributed by atoms with Crippen molar-refractivity contribution in [1.82, 2.24) is 14.4 Å². The first-order valence-corrected chi connectivity index (χ1v) is 10.1. The first-order chi connectivity index (χ1) is 14.7. The Bertz CT molecular complexity index is 1120. The largest absolute Gasteiger partial charge is 0.343 e. The molecule has 2 atom stereocenters. The Balaban J connectivity index is 1.97. The van der Waals surface area contributed by atoms with Crippen LogP contribution in [0.3, 0.4) is 0 Å².